The minimum Gasteiger partial charge on any atom is -0.506 e. The number of unbranched alkanes of at least 4 members (excludes halogenated alkanes) is 1. The van der Waals surface area contributed by atoms with Gasteiger partial charge in [0.15, 0.2) is 0 Å². The molecule has 1 aliphatic heterocycles. The smallest absolute Gasteiger partial charge is 0.245 e. The predicted octanol–water partition coefficient (Wildman–Crippen LogP) is 3.45. The summed E-state index contributed by atoms with van der Waals surface area (Å²) < 4.78 is 1.13. The van der Waals surface area contributed by atoms with E-state index >= 15 is 0 Å². The Morgan fingerprint density at radius 1 is 1.11 bits per heavy atom. The van der Waals surface area contributed by atoms with Crippen LogP contribution in [0.25, 0.3) is 0 Å². The molecule has 1 aromatic heterocycles. The van der Waals surface area contributed by atoms with Crippen molar-refractivity contribution < 1.29 is 14.7 Å². The maximum absolute atomic E-state index is 13.4. The van der Waals surface area contributed by atoms with Crippen molar-refractivity contribution in [2.24, 2.45) is 11.7 Å². The van der Waals surface area contributed by atoms with Gasteiger partial charge in [0.1, 0.15) is 11.8 Å². The van der Waals surface area contributed by atoms with E-state index in [0.29, 0.717) is 41.4 Å². The number of phenols is 1. The number of rotatable bonds is 10. The molecule has 8 nitrogen and oxygen atoms in total. The van der Waals surface area contributed by atoms with E-state index in [1.807, 2.05) is 24.0 Å². The van der Waals surface area contributed by atoms with E-state index in [9.17, 15) is 14.7 Å². The fourth-order valence-electron chi connectivity index (χ4n) is 4.21. The molecule has 190 valence electrons. The molecule has 3 rings (SSSR count). The van der Waals surface area contributed by atoms with E-state index in [2.05, 4.69) is 47.1 Å². The normalized spacial score (nSPS) is 15.5. The Bertz CT molecular complexity index is 977. The average Bonchev–Trinajstić information content (AvgIpc) is 2.86. The first kappa shape index (κ1) is 27.4. The van der Waals surface area contributed by atoms with Crippen molar-refractivity contribution in [2.45, 2.75) is 38.6 Å². The van der Waals surface area contributed by atoms with Crippen LogP contribution in [-0.4, -0.2) is 65.6 Å². The first-order valence-corrected chi connectivity index (χ1v) is 13.5. The molecule has 1 aromatic carbocycles. The molecule has 1 aliphatic rings. The number of nitrogens with two attached hydrogens (primary N) is 1. The first-order chi connectivity index (χ1) is 16.8. The van der Waals surface area contributed by atoms with Crippen molar-refractivity contribution >= 4 is 49.4 Å². The fraction of sp³-hybridized carbons (Fsp3) is 0.480. The van der Waals surface area contributed by atoms with E-state index in [4.69, 9.17) is 5.73 Å². The molecule has 0 spiro atoms. The van der Waals surface area contributed by atoms with E-state index in [1.54, 1.807) is 24.5 Å². The second-order valence-corrected chi connectivity index (χ2v) is 10.6. The number of halogens is 2. The Morgan fingerprint density at radius 2 is 1.74 bits per heavy atom. The highest BCUT2D eigenvalue weighted by atomic mass is 79.9. The molecule has 0 radical (unpaired) electrons. The Kier molecular flexibility index (Phi) is 10.4. The number of hydrogen-bond acceptors (Lipinski definition) is 6. The molecule has 0 unspecified atom stereocenters. The fourth-order valence-corrected chi connectivity index (χ4v) is 5.49. The van der Waals surface area contributed by atoms with Crippen molar-refractivity contribution in [3.05, 3.63) is 51.2 Å². The number of piperazine rings is 1. The van der Waals surface area contributed by atoms with Crippen molar-refractivity contribution in [1.82, 2.24) is 15.2 Å². The Balaban J connectivity index is 1.61. The monoisotopic (exact) mass is 609 g/mol. The number of nitrogens with one attached hydrogen (secondary N) is 1. The number of aromatic nitrogens is 1. The molecule has 2 aromatic rings. The van der Waals surface area contributed by atoms with Gasteiger partial charge in [-0.15, -0.1) is 0 Å². The minimum atomic E-state index is -0.567. The van der Waals surface area contributed by atoms with Crippen LogP contribution in [0.1, 0.15) is 31.7 Å². The number of carbonyl (C=O) groups excluding carboxylic acids is 2. The van der Waals surface area contributed by atoms with Crippen molar-refractivity contribution in [3.63, 3.8) is 0 Å². The highest BCUT2D eigenvalue weighted by Gasteiger charge is 2.29. The molecule has 2 atom stereocenters. The number of benzene rings is 1. The van der Waals surface area contributed by atoms with Gasteiger partial charge in [-0.25, -0.2) is 0 Å². The van der Waals surface area contributed by atoms with Gasteiger partial charge in [0.2, 0.25) is 11.8 Å². The second kappa shape index (κ2) is 13.2. The van der Waals surface area contributed by atoms with Crippen LogP contribution in [-0.2, 0) is 16.0 Å². The van der Waals surface area contributed by atoms with Gasteiger partial charge in [-0.2, -0.15) is 0 Å². The second-order valence-electron chi connectivity index (χ2n) is 8.88. The summed E-state index contributed by atoms with van der Waals surface area (Å²) in [6.45, 7) is 5.09. The topological polar surface area (TPSA) is 112 Å². The number of phenolic OH excluding ortho intramolecular Hbond substituents is 1. The zero-order valence-corrected chi connectivity index (χ0v) is 23.1. The molecular weight excluding hydrogens is 578 g/mol. The highest BCUT2D eigenvalue weighted by Crippen LogP contribution is 2.34. The lowest BCUT2D eigenvalue weighted by atomic mass is 9.99. The maximum Gasteiger partial charge on any atom is 0.245 e. The predicted molar refractivity (Wildman–Crippen MR) is 144 cm³/mol. The number of hydrogen-bond donors (Lipinski definition) is 3. The molecule has 0 bridgehead atoms. The molecule has 1 fully saturated rings. The van der Waals surface area contributed by atoms with Crippen LogP contribution < -0.4 is 16.0 Å². The molecule has 10 heteroatoms. The van der Waals surface area contributed by atoms with E-state index in [0.717, 1.165) is 37.2 Å². The number of aromatic hydroxyl groups is 1. The van der Waals surface area contributed by atoms with E-state index in [-0.39, 0.29) is 23.5 Å². The molecule has 4 N–H and O–H groups in total. The quantitative estimate of drug-likeness (QED) is 0.355. The van der Waals surface area contributed by atoms with Crippen molar-refractivity contribution in [1.29, 1.82) is 0 Å². The van der Waals surface area contributed by atoms with Crippen molar-refractivity contribution in [3.8, 4) is 5.75 Å². The average molecular weight is 611 g/mol. The molecular formula is C25H33Br2N5O3. The van der Waals surface area contributed by atoms with Gasteiger partial charge in [0.25, 0.3) is 0 Å². The van der Waals surface area contributed by atoms with Gasteiger partial charge < -0.3 is 26.0 Å². The van der Waals surface area contributed by atoms with Crippen LogP contribution in [0.3, 0.4) is 0 Å². The number of pyridine rings is 1. The number of nitrogens with zero attached hydrogens (tertiary/aromatic N) is 3. The minimum absolute atomic E-state index is 0.0351. The Labute approximate surface area is 223 Å². The lowest BCUT2D eigenvalue weighted by molar-refractivity contribution is -0.137. The molecule has 0 saturated carbocycles. The summed E-state index contributed by atoms with van der Waals surface area (Å²) in [5, 5.41) is 12.9. The number of anilines is 1. The Hall–Kier alpha value is -2.17. The summed E-state index contributed by atoms with van der Waals surface area (Å²) in [6, 6.07) is 6.98. The zero-order chi connectivity index (χ0) is 25.4. The molecule has 0 aliphatic carbocycles. The third-order valence-electron chi connectivity index (χ3n) is 6.25. The number of amides is 2. The third-order valence-corrected chi connectivity index (χ3v) is 7.46. The van der Waals surface area contributed by atoms with Gasteiger partial charge >= 0.3 is 0 Å². The Morgan fingerprint density at radius 3 is 2.34 bits per heavy atom. The van der Waals surface area contributed by atoms with Crippen LogP contribution in [0, 0.1) is 5.92 Å². The van der Waals surface area contributed by atoms with Gasteiger partial charge in [-0.3, -0.25) is 14.6 Å². The zero-order valence-electron chi connectivity index (χ0n) is 19.9. The van der Waals surface area contributed by atoms with Gasteiger partial charge in [-0.1, -0.05) is 6.92 Å². The van der Waals surface area contributed by atoms with E-state index in [1.165, 1.54) is 0 Å². The lowest BCUT2D eigenvalue weighted by Crippen LogP contribution is -2.55. The van der Waals surface area contributed by atoms with Gasteiger partial charge in [0, 0.05) is 50.2 Å². The third kappa shape index (κ3) is 7.65. The lowest BCUT2D eigenvalue weighted by Gasteiger charge is -2.37. The van der Waals surface area contributed by atoms with Crippen LogP contribution in [0.2, 0.25) is 0 Å². The summed E-state index contributed by atoms with van der Waals surface area (Å²) in [5.41, 5.74) is 7.66. The molecule has 2 heterocycles. The summed E-state index contributed by atoms with van der Waals surface area (Å²) >= 11 is 6.67. The number of carbonyl (C=O) groups is 2. The standard InChI is InChI=1S/C25H33Br2N5O3/c1-17(14-18-15-20(26)23(33)21(27)16-18)24(34)30-22(4-2-3-7-28)25(35)32-12-10-31(11-13-32)19-5-8-29-9-6-19/h5-6,8-9,15-17,22,33H,2-4,7,10-14,28H2,1H3,(H,30,34)/t17-,22+/m1/s1. The largest absolute Gasteiger partial charge is 0.506 e. The molecule has 2 amide bonds. The summed E-state index contributed by atoms with van der Waals surface area (Å²) in [5.74, 6) is -0.411. The summed E-state index contributed by atoms with van der Waals surface area (Å²) in [6.07, 6.45) is 6.17. The van der Waals surface area contributed by atoms with E-state index < -0.39 is 6.04 Å². The summed E-state index contributed by atoms with van der Waals surface area (Å²) in [7, 11) is 0. The van der Waals surface area contributed by atoms with Crippen LogP contribution >= 0.6 is 31.9 Å². The van der Waals surface area contributed by atoms with Crippen LogP contribution in [0.5, 0.6) is 5.75 Å². The highest BCUT2D eigenvalue weighted by molar-refractivity contribution is 9.11. The first-order valence-electron chi connectivity index (χ1n) is 11.9. The molecule has 1 saturated heterocycles. The maximum atomic E-state index is 13.4. The molecule has 35 heavy (non-hydrogen) atoms. The van der Waals surface area contributed by atoms with Crippen molar-refractivity contribution in [2.75, 3.05) is 37.6 Å². The van der Waals surface area contributed by atoms with Crippen LogP contribution in [0.4, 0.5) is 5.69 Å². The SMILES string of the molecule is C[C@H](Cc1cc(Br)c(O)c(Br)c1)C(=O)N[C@@H](CCCCN)C(=O)N1CCN(c2ccncc2)CC1. The van der Waals surface area contributed by atoms with Gasteiger partial charge in [0.05, 0.1) is 8.95 Å². The summed E-state index contributed by atoms with van der Waals surface area (Å²) in [4.78, 5) is 34.6. The van der Waals surface area contributed by atoms with Crippen LogP contribution in [0.15, 0.2) is 45.6 Å². The van der Waals surface area contributed by atoms with Gasteiger partial charge in [-0.05, 0) is 93.9 Å².